The van der Waals surface area contributed by atoms with E-state index in [4.69, 9.17) is 4.74 Å². The molecule has 132 valence electrons. The van der Waals surface area contributed by atoms with Crippen LogP contribution in [0.4, 0.5) is 0 Å². The quantitative estimate of drug-likeness (QED) is 0.658. The van der Waals surface area contributed by atoms with Crippen LogP contribution in [0.5, 0.6) is 5.75 Å². The largest absolute Gasteiger partial charge is 0.483 e. The van der Waals surface area contributed by atoms with Gasteiger partial charge in [-0.3, -0.25) is 4.79 Å². The molecule has 2 rings (SSSR count). The number of benzene rings is 2. The van der Waals surface area contributed by atoms with E-state index in [0.29, 0.717) is 5.75 Å². The number of amides is 1. The summed E-state index contributed by atoms with van der Waals surface area (Å²) in [6.07, 6.45) is 1.63. The highest BCUT2D eigenvalue weighted by molar-refractivity contribution is 5.83. The molecule has 2 aromatic rings. The fourth-order valence-corrected chi connectivity index (χ4v) is 2.38. The Bertz CT molecular complexity index is 756. The molecule has 0 saturated carbocycles. The third-order valence-electron chi connectivity index (χ3n) is 3.87. The summed E-state index contributed by atoms with van der Waals surface area (Å²) in [6, 6.07) is 14.0. The first-order valence-corrected chi connectivity index (χ1v) is 8.38. The van der Waals surface area contributed by atoms with Crippen LogP contribution in [0.25, 0.3) is 0 Å². The van der Waals surface area contributed by atoms with Crippen molar-refractivity contribution in [2.24, 2.45) is 5.10 Å². The normalized spacial score (nSPS) is 11.6. The van der Waals surface area contributed by atoms with E-state index in [1.165, 1.54) is 5.56 Å². The molecule has 0 aromatic heterocycles. The number of carbonyl (C=O) groups excluding carboxylic acids is 1. The van der Waals surface area contributed by atoms with Gasteiger partial charge in [-0.25, -0.2) is 5.43 Å². The average molecular weight is 338 g/mol. The van der Waals surface area contributed by atoms with E-state index in [9.17, 15) is 4.79 Å². The van der Waals surface area contributed by atoms with E-state index in [1.54, 1.807) is 6.21 Å². The lowest BCUT2D eigenvalue weighted by atomic mass is 9.87. The molecule has 25 heavy (non-hydrogen) atoms. The summed E-state index contributed by atoms with van der Waals surface area (Å²) in [4.78, 5) is 11.8. The number of nitrogens with one attached hydrogen (secondary N) is 1. The third kappa shape index (κ3) is 5.75. The smallest absolute Gasteiger partial charge is 0.277 e. The molecule has 0 saturated heterocycles. The molecule has 0 atom stereocenters. The summed E-state index contributed by atoms with van der Waals surface area (Å²) in [7, 11) is 0. The molecule has 0 aliphatic heterocycles. The van der Waals surface area contributed by atoms with E-state index in [0.717, 1.165) is 16.7 Å². The number of rotatable bonds is 5. The summed E-state index contributed by atoms with van der Waals surface area (Å²) in [5.74, 6) is 0.421. The van der Waals surface area contributed by atoms with Crippen LogP contribution >= 0.6 is 0 Å². The number of aryl methyl sites for hydroxylation is 2. The topological polar surface area (TPSA) is 50.7 Å². The SMILES string of the molecule is Cc1ccc(OCC(=O)NN=Cc2ccc(C(C)(C)C)cc2)c(C)c1. The number of ether oxygens (including phenoxy) is 1. The van der Waals surface area contributed by atoms with Crippen LogP contribution in [0.1, 0.15) is 43.0 Å². The van der Waals surface area contributed by atoms with Gasteiger partial charge in [-0.05, 0) is 42.0 Å². The van der Waals surface area contributed by atoms with Crippen LogP contribution in [0.2, 0.25) is 0 Å². The molecule has 0 unspecified atom stereocenters. The maximum Gasteiger partial charge on any atom is 0.277 e. The molecule has 0 fully saturated rings. The monoisotopic (exact) mass is 338 g/mol. The Morgan fingerprint density at radius 3 is 2.40 bits per heavy atom. The van der Waals surface area contributed by atoms with Crippen molar-refractivity contribution in [1.82, 2.24) is 5.43 Å². The molecular formula is C21H26N2O2. The first-order chi connectivity index (χ1) is 11.8. The van der Waals surface area contributed by atoms with E-state index in [-0.39, 0.29) is 17.9 Å². The first-order valence-electron chi connectivity index (χ1n) is 8.38. The van der Waals surface area contributed by atoms with Crippen LogP contribution in [0.15, 0.2) is 47.6 Å². The fourth-order valence-electron chi connectivity index (χ4n) is 2.38. The Hall–Kier alpha value is -2.62. The van der Waals surface area contributed by atoms with Gasteiger partial charge in [0.15, 0.2) is 6.61 Å². The van der Waals surface area contributed by atoms with Gasteiger partial charge in [0.05, 0.1) is 6.21 Å². The summed E-state index contributed by atoms with van der Waals surface area (Å²) in [5, 5.41) is 3.98. The van der Waals surface area contributed by atoms with E-state index in [2.05, 4.69) is 43.4 Å². The minimum Gasteiger partial charge on any atom is -0.483 e. The molecule has 1 N–H and O–H groups in total. The number of nitrogens with zero attached hydrogens (tertiary/aromatic N) is 1. The first kappa shape index (κ1) is 18.7. The molecule has 4 nitrogen and oxygen atoms in total. The Labute approximate surface area is 149 Å². The highest BCUT2D eigenvalue weighted by Gasteiger charge is 2.12. The van der Waals surface area contributed by atoms with Crippen molar-refractivity contribution in [1.29, 1.82) is 0 Å². The zero-order chi connectivity index (χ0) is 18.4. The van der Waals surface area contributed by atoms with Gasteiger partial charge in [0.1, 0.15) is 5.75 Å². The second-order valence-electron chi connectivity index (χ2n) is 7.22. The van der Waals surface area contributed by atoms with Gasteiger partial charge in [0.25, 0.3) is 5.91 Å². The van der Waals surface area contributed by atoms with Gasteiger partial charge in [-0.2, -0.15) is 5.10 Å². The van der Waals surface area contributed by atoms with Crippen molar-refractivity contribution in [2.75, 3.05) is 6.61 Å². The number of carbonyl (C=O) groups is 1. The number of hydrogen-bond donors (Lipinski definition) is 1. The van der Waals surface area contributed by atoms with Gasteiger partial charge in [-0.1, -0.05) is 62.7 Å². The fraction of sp³-hybridized carbons (Fsp3) is 0.333. The molecule has 0 spiro atoms. The van der Waals surface area contributed by atoms with Gasteiger partial charge >= 0.3 is 0 Å². The van der Waals surface area contributed by atoms with Crippen LogP contribution < -0.4 is 10.2 Å². The minimum absolute atomic E-state index is 0.0653. The van der Waals surface area contributed by atoms with Gasteiger partial charge in [0.2, 0.25) is 0 Å². The standard InChI is InChI=1S/C21H26N2O2/c1-15-6-11-19(16(2)12-15)25-14-20(24)23-22-13-17-7-9-18(10-8-17)21(3,4)5/h6-13H,14H2,1-5H3,(H,23,24). The molecule has 0 radical (unpaired) electrons. The zero-order valence-electron chi connectivity index (χ0n) is 15.6. The maximum atomic E-state index is 11.8. The van der Waals surface area contributed by atoms with E-state index in [1.807, 2.05) is 44.2 Å². The summed E-state index contributed by atoms with van der Waals surface area (Å²) < 4.78 is 5.52. The second kappa shape index (κ2) is 7.97. The van der Waals surface area contributed by atoms with Crippen LogP contribution in [-0.2, 0) is 10.2 Å². The molecule has 0 aliphatic rings. The maximum absolute atomic E-state index is 11.8. The lowest BCUT2D eigenvalue weighted by Crippen LogP contribution is -2.24. The second-order valence-corrected chi connectivity index (χ2v) is 7.22. The van der Waals surface area contributed by atoms with Crippen molar-refractivity contribution in [2.45, 2.75) is 40.0 Å². The molecule has 0 aliphatic carbocycles. The molecule has 2 aromatic carbocycles. The van der Waals surface area contributed by atoms with Crippen LogP contribution in [0.3, 0.4) is 0 Å². The summed E-state index contributed by atoms with van der Waals surface area (Å²) >= 11 is 0. The van der Waals surface area contributed by atoms with Crippen LogP contribution in [0, 0.1) is 13.8 Å². The molecule has 4 heteroatoms. The highest BCUT2D eigenvalue weighted by atomic mass is 16.5. The molecular weight excluding hydrogens is 312 g/mol. The lowest BCUT2D eigenvalue weighted by Gasteiger charge is -2.18. The Kier molecular flexibility index (Phi) is 5.97. The van der Waals surface area contributed by atoms with Crippen molar-refractivity contribution < 1.29 is 9.53 Å². The van der Waals surface area contributed by atoms with Crippen molar-refractivity contribution in [3.63, 3.8) is 0 Å². The predicted octanol–water partition coefficient (Wildman–Crippen LogP) is 4.13. The summed E-state index contributed by atoms with van der Waals surface area (Å²) in [6.45, 7) is 10.4. The highest BCUT2D eigenvalue weighted by Crippen LogP contribution is 2.21. The number of hydrazone groups is 1. The van der Waals surface area contributed by atoms with E-state index < -0.39 is 0 Å². The van der Waals surface area contributed by atoms with Crippen molar-refractivity contribution in [3.05, 3.63) is 64.7 Å². The zero-order valence-corrected chi connectivity index (χ0v) is 15.6. The van der Waals surface area contributed by atoms with Crippen LogP contribution in [-0.4, -0.2) is 18.7 Å². The average Bonchev–Trinajstić information content (AvgIpc) is 2.53. The Morgan fingerprint density at radius 1 is 1.12 bits per heavy atom. The Balaban J connectivity index is 1.84. The lowest BCUT2D eigenvalue weighted by molar-refractivity contribution is -0.123. The minimum atomic E-state index is -0.289. The van der Waals surface area contributed by atoms with E-state index >= 15 is 0 Å². The molecule has 0 bridgehead atoms. The number of hydrogen-bond acceptors (Lipinski definition) is 3. The van der Waals surface area contributed by atoms with Gasteiger partial charge in [0, 0.05) is 0 Å². The van der Waals surface area contributed by atoms with Crippen molar-refractivity contribution in [3.8, 4) is 5.75 Å². The molecule has 1 amide bonds. The van der Waals surface area contributed by atoms with Crippen molar-refractivity contribution >= 4 is 12.1 Å². The molecule has 0 heterocycles. The summed E-state index contributed by atoms with van der Waals surface area (Å²) in [5.41, 5.74) is 6.97. The third-order valence-corrected chi connectivity index (χ3v) is 3.87. The van der Waals surface area contributed by atoms with Gasteiger partial charge < -0.3 is 4.74 Å². The van der Waals surface area contributed by atoms with Gasteiger partial charge in [-0.15, -0.1) is 0 Å². The Morgan fingerprint density at radius 2 is 1.80 bits per heavy atom. The predicted molar refractivity (Wildman–Crippen MR) is 102 cm³/mol.